The third-order valence-corrected chi connectivity index (χ3v) is 4.59. The second-order valence-corrected chi connectivity index (χ2v) is 8.07. The average Bonchev–Trinajstić information content (AvgIpc) is 2.81. The number of carbonyl (C=O) groups excluding carboxylic acids is 2. The van der Waals surface area contributed by atoms with Crippen molar-refractivity contribution in [3.05, 3.63) is 59.2 Å². The zero-order chi connectivity index (χ0) is 26.9. The smallest absolute Gasteiger partial charge is 0.416 e. The normalized spacial score (nSPS) is 12.3. The van der Waals surface area contributed by atoms with Crippen LogP contribution in [-0.2, 0) is 22.1 Å². The molecule has 0 aliphatic carbocycles. The number of benzene rings is 2. The maximum absolute atomic E-state index is 13.2. The van der Waals surface area contributed by atoms with Gasteiger partial charge in [-0.3, -0.25) is 4.79 Å². The molecule has 2 aromatic carbocycles. The van der Waals surface area contributed by atoms with Crippen LogP contribution in [0.5, 0.6) is 0 Å². The van der Waals surface area contributed by atoms with Gasteiger partial charge in [-0.1, -0.05) is 26.0 Å². The topological polar surface area (TPSA) is 155 Å². The molecule has 0 aliphatic rings. The highest BCUT2D eigenvalue weighted by molar-refractivity contribution is 6.05. The van der Waals surface area contributed by atoms with Gasteiger partial charge in [0.25, 0.3) is 5.91 Å². The second-order valence-electron chi connectivity index (χ2n) is 8.07. The van der Waals surface area contributed by atoms with Gasteiger partial charge in [-0.25, -0.2) is 20.4 Å². The number of halogens is 3. The number of hydrogen-bond acceptors (Lipinski definition) is 6. The summed E-state index contributed by atoms with van der Waals surface area (Å²) in [5.41, 5.74) is 1.37. The lowest BCUT2D eigenvalue weighted by atomic mass is 10.1. The Morgan fingerprint density at radius 1 is 1.14 bits per heavy atom. The number of nitrogens with zero attached hydrogens (tertiary/aromatic N) is 1. The highest BCUT2D eigenvalue weighted by atomic mass is 19.4. The molecule has 0 saturated carbocycles. The summed E-state index contributed by atoms with van der Waals surface area (Å²) in [7, 11) is 0. The van der Waals surface area contributed by atoms with Crippen molar-refractivity contribution >= 4 is 35.7 Å². The summed E-state index contributed by atoms with van der Waals surface area (Å²) in [6.45, 7) is 3.80. The van der Waals surface area contributed by atoms with E-state index in [1.807, 2.05) is 13.8 Å². The van der Waals surface area contributed by atoms with Crippen molar-refractivity contribution < 1.29 is 37.4 Å². The number of carbonyl (C=O) groups is 3. The van der Waals surface area contributed by atoms with Gasteiger partial charge in [-0.15, -0.1) is 0 Å². The van der Waals surface area contributed by atoms with Crippen molar-refractivity contribution in [3.63, 3.8) is 0 Å². The number of carboxylic acid groups (broad SMARTS) is 1. The number of anilines is 1. The zero-order valence-corrected chi connectivity index (χ0v) is 19.4. The Kier molecular flexibility index (Phi) is 9.79. The molecule has 0 radical (unpaired) electrons. The fourth-order valence-electron chi connectivity index (χ4n) is 2.88. The molecule has 2 aromatic rings. The summed E-state index contributed by atoms with van der Waals surface area (Å²) < 4.78 is 44.6. The number of nitrogens with one attached hydrogen (secondary N) is 3. The van der Waals surface area contributed by atoms with Crippen molar-refractivity contribution in [2.75, 3.05) is 11.9 Å². The number of ether oxygens (including phenoxy) is 1. The van der Waals surface area contributed by atoms with E-state index < -0.39 is 35.8 Å². The second kappa shape index (κ2) is 12.5. The average molecular weight is 509 g/mol. The number of alkyl carbamates (subject to hydrolysis) is 1. The van der Waals surface area contributed by atoms with Gasteiger partial charge >= 0.3 is 18.2 Å². The van der Waals surface area contributed by atoms with Crippen LogP contribution in [0.15, 0.2) is 47.5 Å². The highest BCUT2D eigenvalue weighted by Gasteiger charge is 2.32. The first-order chi connectivity index (χ1) is 16.9. The summed E-state index contributed by atoms with van der Waals surface area (Å²) in [5, 5.41) is 14.1. The molecule has 1 atom stereocenters. The third kappa shape index (κ3) is 8.91. The molecule has 0 bridgehead atoms. The Labute approximate surface area is 204 Å². The van der Waals surface area contributed by atoms with Crippen molar-refractivity contribution in [1.29, 1.82) is 0 Å². The van der Waals surface area contributed by atoms with Crippen LogP contribution in [-0.4, -0.2) is 42.1 Å². The number of nitrogens with two attached hydrogens (primary N) is 1. The predicted molar refractivity (Wildman–Crippen MR) is 126 cm³/mol. The molecule has 6 N–H and O–H groups in total. The van der Waals surface area contributed by atoms with Crippen LogP contribution in [0.2, 0.25) is 0 Å². The van der Waals surface area contributed by atoms with Crippen molar-refractivity contribution in [2.24, 2.45) is 16.8 Å². The van der Waals surface area contributed by atoms with Crippen LogP contribution in [0.3, 0.4) is 0 Å². The van der Waals surface area contributed by atoms with Crippen LogP contribution < -0.4 is 21.9 Å². The monoisotopic (exact) mass is 509 g/mol. The molecule has 0 aromatic heterocycles. The van der Waals surface area contributed by atoms with Crippen LogP contribution in [0, 0.1) is 5.92 Å². The number of hydrogen-bond donors (Lipinski definition) is 5. The minimum atomic E-state index is -4.70. The fourth-order valence-corrected chi connectivity index (χ4v) is 2.88. The lowest BCUT2D eigenvalue weighted by Gasteiger charge is -2.16. The van der Waals surface area contributed by atoms with Gasteiger partial charge in [0, 0.05) is 17.7 Å². The Hall–Kier alpha value is -4.13. The molecule has 0 saturated heterocycles. The van der Waals surface area contributed by atoms with E-state index in [-0.39, 0.29) is 35.9 Å². The van der Waals surface area contributed by atoms with E-state index in [2.05, 4.69) is 21.1 Å². The Balaban J connectivity index is 2.11. The molecule has 2 amide bonds. The number of rotatable bonds is 10. The van der Waals surface area contributed by atoms with Crippen molar-refractivity contribution in [3.8, 4) is 0 Å². The molecule has 0 spiro atoms. The molecular formula is C23H26F3N5O5. The molecule has 0 heterocycles. The predicted octanol–water partition coefficient (Wildman–Crippen LogP) is 3.46. The van der Waals surface area contributed by atoms with E-state index in [4.69, 9.17) is 10.6 Å². The highest BCUT2D eigenvalue weighted by Crippen LogP contribution is 2.33. The standard InChI is InChI=1S/C23H26F3N5O5/c1-13(2)11-36-22(35)31-19(21(33)34)7-14-3-5-17(6-4-14)30-20(32)15-8-16(23(24,25)26)10-18(9-15)28-12-29-27/h3-6,8-10,12-13,19H,7,11,27H2,1-2H3,(H,28,29)(H,30,32)(H,31,35)(H,33,34). The van der Waals surface area contributed by atoms with E-state index in [9.17, 15) is 32.7 Å². The Morgan fingerprint density at radius 3 is 2.36 bits per heavy atom. The number of hydrazine groups is 1. The lowest BCUT2D eigenvalue weighted by Crippen LogP contribution is -2.42. The fraction of sp³-hybridized carbons (Fsp3) is 0.304. The van der Waals surface area contributed by atoms with Gasteiger partial charge in [-0.05, 0) is 41.8 Å². The summed E-state index contributed by atoms with van der Waals surface area (Å²) in [5.74, 6) is 3.05. The molecule has 36 heavy (non-hydrogen) atoms. The summed E-state index contributed by atoms with van der Waals surface area (Å²) in [4.78, 5) is 39.6. The van der Waals surface area contributed by atoms with Crippen LogP contribution in [0.4, 0.5) is 29.3 Å². The molecule has 0 aliphatic heterocycles. The maximum Gasteiger partial charge on any atom is 0.416 e. The van der Waals surface area contributed by atoms with Gasteiger partial charge in [-0.2, -0.15) is 13.2 Å². The molecule has 10 nitrogen and oxygen atoms in total. The zero-order valence-electron chi connectivity index (χ0n) is 19.4. The number of aliphatic carboxylic acids is 1. The Bertz CT molecular complexity index is 1100. The molecule has 13 heteroatoms. The first-order valence-corrected chi connectivity index (χ1v) is 10.7. The quantitative estimate of drug-likeness (QED) is 0.142. The largest absolute Gasteiger partial charge is 0.480 e. The van der Waals surface area contributed by atoms with Crippen LogP contribution in [0.1, 0.15) is 35.3 Å². The van der Waals surface area contributed by atoms with Crippen LogP contribution in [0.25, 0.3) is 0 Å². The van der Waals surface area contributed by atoms with E-state index in [1.165, 1.54) is 24.3 Å². The molecule has 1 unspecified atom stereocenters. The maximum atomic E-state index is 13.2. The van der Waals surface area contributed by atoms with E-state index in [1.54, 1.807) is 0 Å². The minimum absolute atomic E-state index is 0.0650. The first-order valence-electron chi connectivity index (χ1n) is 10.7. The van der Waals surface area contributed by atoms with Gasteiger partial charge in [0.15, 0.2) is 0 Å². The summed E-state index contributed by atoms with van der Waals surface area (Å²) >= 11 is 0. The number of amides is 2. The molecule has 0 fully saturated rings. The summed E-state index contributed by atoms with van der Waals surface area (Å²) in [6, 6.07) is 7.31. The number of alkyl halides is 3. The molecule has 2 rings (SSSR count). The lowest BCUT2D eigenvalue weighted by molar-refractivity contribution is -0.139. The van der Waals surface area contributed by atoms with E-state index in [0.29, 0.717) is 11.6 Å². The van der Waals surface area contributed by atoms with Gasteiger partial charge in [0.1, 0.15) is 12.4 Å². The van der Waals surface area contributed by atoms with Crippen molar-refractivity contribution in [2.45, 2.75) is 32.5 Å². The third-order valence-electron chi connectivity index (χ3n) is 4.59. The van der Waals surface area contributed by atoms with E-state index >= 15 is 0 Å². The number of aliphatic imine (C=N–C) groups is 1. The summed E-state index contributed by atoms with van der Waals surface area (Å²) in [6.07, 6.45) is -4.65. The molecular weight excluding hydrogens is 483 g/mol. The van der Waals surface area contributed by atoms with Gasteiger partial charge in [0.05, 0.1) is 17.9 Å². The van der Waals surface area contributed by atoms with Crippen LogP contribution >= 0.6 is 0 Å². The minimum Gasteiger partial charge on any atom is -0.480 e. The Morgan fingerprint density at radius 2 is 1.81 bits per heavy atom. The first kappa shape index (κ1) is 28.1. The number of carboxylic acids is 1. The molecule has 194 valence electrons. The van der Waals surface area contributed by atoms with E-state index in [0.717, 1.165) is 18.5 Å². The van der Waals surface area contributed by atoms with Crippen molar-refractivity contribution in [1.82, 2.24) is 10.7 Å². The van der Waals surface area contributed by atoms with Gasteiger partial charge in [0.2, 0.25) is 0 Å². The SMILES string of the molecule is CC(C)COC(=O)NC(Cc1ccc(NC(=O)c2cc(N=CNN)cc(C(F)(F)F)c2)cc1)C(=O)O. The van der Waals surface area contributed by atoms with Gasteiger partial charge < -0.3 is 25.9 Å².